The van der Waals surface area contributed by atoms with Gasteiger partial charge in [-0.3, -0.25) is 0 Å². The lowest BCUT2D eigenvalue weighted by atomic mass is 10.1. The minimum Gasteiger partial charge on any atom is -0.370 e. The lowest BCUT2D eigenvalue weighted by Gasteiger charge is -2.23. The predicted molar refractivity (Wildman–Crippen MR) is 65.2 cm³/mol. The molecule has 21 heavy (non-hydrogen) atoms. The van der Waals surface area contributed by atoms with E-state index in [0.717, 1.165) is 0 Å². The van der Waals surface area contributed by atoms with E-state index in [9.17, 15) is 26.3 Å². The summed E-state index contributed by atoms with van der Waals surface area (Å²) in [6.07, 6.45) is -4.69. The highest BCUT2D eigenvalue weighted by Crippen LogP contribution is 2.36. The number of nitrogens with one attached hydrogen (secondary N) is 1. The Hall–Kier alpha value is -2.18. The molecule has 2 aromatic rings. The van der Waals surface area contributed by atoms with E-state index in [2.05, 4.69) is 0 Å². The Morgan fingerprint density at radius 3 is 1.86 bits per heavy atom. The lowest BCUT2D eigenvalue weighted by Crippen LogP contribution is -2.28. The SMILES string of the molecule is Fc1cc(NC(c2ccccc2)C(F)(F)F)cc(F)c1F. The molecular formula is C14H9F6N. The molecule has 0 aliphatic carbocycles. The molecule has 0 aliphatic rings. The van der Waals surface area contributed by atoms with Crippen LogP contribution in [0.5, 0.6) is 0 Å². The van der Waals surface area contributed by atoms with Crippen LogP contribution >= 0.6 is 0 Å². The minimum absolute atomic E-state index is 0.129. The summed E-state index contributed by atoms with van der Waals surface area (Å²) < 4.78 is 78.1. The zero-order chi connectivity index (χ0) is 15.6. The van der Waals surface area contributed by atoms with E-state index in [1.807, 2.05) is 5.32 Å². The third-order valence-corrected chi connectivity index (χ3v) is 2.76. The van der Waals surface area contributed by atoms with E-state index in [-0.39, 0.29) is 5.56 Å². The predicted octanol–water partition coefficient (Wildman–Crippen LogP) is 4.82. The fourth-order valence-electron chi connectivity index (χ4n) is 1.81. The highest BCUT2D eigenvalue weighted by molar-refractivity contribution is 5.47. The van der Waals surface area contributed by atoms with Crippen LogP contribution in [0, 0.1) is 17.5 Å². The molecular weight excluding hydrogens is 296 g/mol. The van der Waals surface area contributed by atoms with Crippen LogP contribution in [0.1, 0.15) is 11.6 Å². The maximum Gasteiger partial charge on any atom is 0.412 e. The monoisotopic (exact) mass is 305 g/mol. The molecule has 7 heteroatoms. The Labute approximate surface area is 116 Å². The first-order valence-electron chi connectivity index (χ1n) is 5.82. The van der Waals surface area contributed by atoms with Gasteiger partial charge in [-0.25, -0.2) is 13.2 Å². The van der Waals surface area contributed by atoms with Crippen molar-refractivity contribution in [3.05, 3.63) is 65.5 Å². The summed E-state index contributed by atoms with van der Waals surface area (Å²) in [5, 5.41) is 1.97. The van der Waals surface area contributed by atoms with Crippen molar-refractivity contribution in [1.82, 2.24) is 0 Å². The van der Waals surface area contributed by atoms with Gasteiger partial charge in [-0.05, 0) is 5.56 Å². The van der Waals surface area contributed by atoms with Gasteiger partial charge in [0.15, 0.2) is 17.5 Å². The Kier molecular flexibility index (Phi) is 4.11. The molecule has 2 rings (SSSR count). The molecule has 2 aromatic carbocycles. The largest absolute Gasteiger partial charge is 0.412 e. The maximum absolute atomic E-state index is 13.1. The number of halogens is 6. The Morgan fingerprint density at radius 1 is 0.857 bits per heavy atom. The van der Waals surface area contributed by atoms with Crippen LogP contribution in [0.3, 0.4) is 0 Å². The van der Waals surface area contributed by atoms with E-state index < -0.39 is 35.4 Å². The number of benzene rings is 2. The normalized spacial score (nSPS) is 13.0. The second-order valence-electron chi connectivity index (χ2n) is 4.28. The summed E-state index contributed by atoms with van der Waals surface area (Å²) in [6.45, 7) is 0. The number of hydrogen-bond acceptors (Lipinski definition) is 1. The molecule has 0 radical (unpaired) electrons. The molecule has 0 aliphatic heterocycles. The van der Waals surface area contributed by atoms with E-state index in [0.29, 0.717) is 12.1 Å². The van der Waals surface area contributed by atoms with Crippen molar-refractivity contribution in [1.29, 1.82) is 0 Å². The quantitative estimate of drug-likeness (QED) is 0.633. The average molecular weight is 305 g/mol. The Balaban J connectivity index is 2.37. The van der Waals surface area contributed by atoms with Gasteiger partial charge < -0.3 is 5.32 Å². The second kappa shape index (κ2) is 5.67. The van der Waals surface area contributed by atoms with Crippen LogP contribution in [-0.4, -0.2) is 6.18 Å². The molecule has 1 unspecified atom stereocenters. The molecule has 0 spiro atoms. The van der Waals surface area contributed by atoms with Crippen molar-refractivity contribution >= 4 is 5.69 Å². The van der Waals surface area contributed by atoms with Crippen molar-refractivity contribution < 1.29 is 26.3 Å². The fourth-order valence-corrected chi connectivity index (χ4v) is 1.81. The molecule has 0 saturated carbocycles. The third kappa shape index (κ3) is 3.48. The van der Waals surface area contributed by atoms with Gasteiger partial charge in [0.05, 0.1) is 0 Å². The standard InChI is InChI=1S/C14H9F6N/c15-10-6-9(7-11(16)12(10)17)21-13(14(18,19)20)8-4-2-1-3-5-8/h1-7,13,21H. The average Bonchev–Trinajstić information content (AvgIpc) is 2.41. The maximum atomic E-state index is 13.1. The van der Waals surface area contributed by atoms with Gasteiger partial charge in [-0.2, -0.15) is 13.2 Å². The molecule has 0 aromatic heterocycles. The molecule has 0 saturated heterocycles. The smallest absolute Gasteiger partial charge is 0.370 e. The van der Waals surface area contributed by atoms with Crippen LogP contribution < -0.4 is 5.32 Å². The topological polar surface area (TPSA) is 12.0 Å². The highest BCUT2D eigenvalue weighted by atomic mass is 19.4. The molecule has 1 nitrogen and oxygen atoms in total. The lowest BCUT2D eigenvalue weighted by molar-refractivity contribution is -0.144. The van der Waals surface area contributed by atoms with Crippen molar-refractivity contribution in [3.63, 3.8) is 0 Å². The van der Waals surface area contributed by atoms with Gasteiger partial charge in [0.2, 0.25) is 0 Å². The fraction of sp³-hybridized carbons (Fsp3) is 0.143. The summed E-state index contributed by atoms with van der Waals surface area (Å²) in [6, 6.07) is 5.57. The number of hydrogen-bond donors (Lipinski definition) is 1. The molecule has 1 atom stereocenters. The van der Waals surface area contributed by atoms with E-state index >= 15 is 0 Å². The summed E-state index contributed by atoms with van der Waals surface area (Å²) in [5.41, 5.74) is -0.632. The number of rotatable bonds is 3. The van der Waals surface area contributed by atoms with E-state index in [1.54, 1.807) is 0 Å². The van der Waals surface area contributed by atoms with Crippen LogP contribution in [0.4, 0.5) is 32.0 Å². The van der Waals surface area contributed by atoms with Gasteiger partial charge in [0.1, 0.15) is 6.04 Å². The summed E-state index contributed by atoms with van der Waals surface area (Å²) in [7, 11) is 0. The summed E-state index contributed by atoms with van der Waals surface area (Å²) in [5.74, 6) is -4.86. The first kappa shape index (κ1) is 15.2. The molecule has 112 valence electrons. The van der Waals surface area contributed by atoms with Crippen molar-refractivity contribution in [3.8, 4) is 0 Å². The number of alkyl halides is 3. The zero-order valence-corrected chi connectivity index (χ0v) is 10.4. The van der Waals surface area contributed by atoms with E-state index in [4.69, 9.17) is 0 Å². The first-order valence-corrected chi connectivity index (χ1v) is 5.82. The first-order chi connectivity index (χ1) is 9.79. The molecule has 0 heterocycles. The molecule has 0 amide bonds. The van der Waals surface area contributed by atoms with Gasteiger partial charge >= 0.3 is 6.18 Å². The molecule has 1 N–H and O–H groups in total. The Bertz CT molecular complexity index is 600. The van der Waals surface area contributed by atoms with Crippen LogP contribution in [-0.2, 0) is 0 Å². The van der Waals surface area contributed by atoms with Gasteiger partial charge in [0.25, 0.3) is 0 Å². The van der Waals surface area contributed by atoms with Crippen LogP contribution in [0.15, 0.2) is 42.5 Å². The Morgan fingerprint density at radius 2 is 1.38 bits per heavy atom. The van der Waals surface area contributed by atoms with Gasteiger partial charge in [0, 0.05) is 17.8 Å². The van der Waals surface area contributed by atoms with Crippen LogP contribution in [0.25, 0.3) is 0 Å². The third-order valence-electron chi connectivity index (χ3n) is 2.76. The van der Waals surface area contributed by atoms with Crippen LogP contribution in [0.2, 0.25) is 0 Å². The molecule has 0 bridgehead atoms. The van der Waals surface area contributed by atoms with Crippen molar-refractivity contribution in [2.45, 2.75) is 12.2 Å². The van der Waals surface area contributed by atoms with Gasteiger partial charge in [-0.1, -0.05) is 30.3 Å². The van der Waals surface area contributed by atoms with Gasteiger partial charge in [-0.15, -0.1) is 0 Å². The van der Waals surface area contributed by atoms with Crippen molar-refractivity contribution in [2.75, 3.05) is 5.32 Å². The summed E-state index contributed by atoms with van der Waals surface area (Å²) in [4.78, 5) is 0. The second-order valence-corrected chi connectivity index (χ2v) is 4.28. The minimum atomic E-state index is -4.69. The summed E-state index contributed by atoms with van der Waals surface area (Å²) >= 11 is 0. The van der Waals surface area contributed by atoms with E-state index in [1.165, 1.54) is 30.3 Å². The zero-order valence-electron chi connectivity index (χ0n) is 10.4. The number of anilines is 1. The van der Waals surface area contributed by atoms with Crippen molar-refractivity contribution in [2.24, 2.45) is 0 Å². The highest BCUT2D eigenvalue weighted by Gasteiger charge is 2.41. The molecule has 0 fully saturated rings.